The van der Waals surface area contributed by atoms with E-state index in [1.54, 1.807) is 30.3 Å². The molecule has 0 heterocycles. The van der Waals surface area contributed by atoms with Gasteiger partial charge >= 0.3 is 5.97 Å². The van der Waals surface area contributed by atoms with Crippen LogP contribution in [-0.4, -0.2) is 18.9 Å². The molecule has 20 heavy (non-hydrogen) atoms. The number of ether oxygens (including phenoxy) is 2. The van der Waals surface area contributed by atoms with Gasteiger partial charge in [0.25, 0.3) is 0 Å². The van der Waals surface area contributed by atoms with Gasteiger partial charge in [0.1, 0.15) is 17.8 Å². The Bertz CT molecular complexity index is 602. The molecule has 2 aromatic rings. The zero-order chi connectivity index (χ0) is 14.4. The first kappa shape index (κ1) is 13.8. The topological polar surface area (TPSA) is 52.6 Å². The summed E-state index contributed by atoms with van der Waals surface area (Å²) in [4.78, 5) is 22.2. The van der Waals surface area contributed by atoms with Crippen LogP contribution in [0.15, 0.2) is 48.5 Å². The van der Waals surface area contributed by atoms with Gasteiger partial charge in [-0.15, -0.1) is 0 Å². The third kappa shape index (κ3) is 3.95. The molecular formula is C16H14O4. The minimum Gasteiger partial charge on any atom is -0.482 e. The van der Waals surface area contributed by atoms with Crippen molar-refractivity contribution in [1.82, 2.24) is 0 Å². The summed E-state index contributed by atoms with van der Waals surface area (Å²) in [6.45, 7) is 1.78. The maximum atomic E-state index is 11.6. The lowest BCUT2D eigenvalue weighted by atomic mass is 10.2. The maximum Gasteiger partial charge on any atom is 0.349 e. The van der Waals surface area contributed by atoms with Crippen LogP contribution in [0.5, 0.6) is 11.5 Å². The first-order valence-electron chi connectivity index (χ1n) is 6.13. The van der Waals surface area contributed by atoms with E-state index in [4.69, 9.17) is 9.47 Å². The number of esters is 1. The Morgan fingerprint density at radius 3 is 2.55 bits per heavy atom. The third-order valence-corrected chi connectivity index (χ3v) is 2.60. The van der Waals surface area contributed by atoms with Gasteiger partial charge in [0.05, 0.1) is 0 Å². The summed E-state index contributed by atoms with van der Waals surface area (Å²) < 4.78 is 10.4. The van der Waals surface area contributed by atoms with Crippen LogP contribution < -0.4 is 9.47 Å². The van der Waals surface area contributed by atoms with E-state index >= 15 is 0 Å². The first-order chi connectivity index (χ1) is 9.67. The normalized spacial score (nSPS) is 9.85. The van der Waals surface area contributed by atoms with Crippen LogP contribution in [0.3, 0.4) is 0 Å². The average molecular weight is 270 g/mol. The highest BCUT2D eigenvalue weighted by molar-refractivity contribution is 5.77. The third-order valence-electron chi connectivity index (χ3n) is 2.60. The van der Waals surface area contributed by atoms with Crippen LogP contribution in [-0.2, 0) is 4.79 Å². The quantitative estimate of drug-likeness (QED) is 0.476. The van der Waals surface area contributed by atoms with Gasteiger partial charge < -0.3 is 9.47 Å². The van der Waals surface area contributed by atoms with Crippen LogP contribution in [0.1, 0.15) is 15.9 Å². The SMILES string of the molecule is Cc1ccc(OCC(=O)Oc2cccc(C=O)c2)cc1. The second kappa shape index (κ2) is 6.52. The van der Waals surface area contributed by atoms with Gasteiger partial charge in [-0.2, -0.15) is 0 Å². The van der Waals surface area contributed by atoms with Gasteiger partial charge in [0, 0.05) is 5.56 Å². The smallest absolute Gasteiger partial charge is 0.349 e. The van der Waals surface area contributed by atoms with Crippen molar-refractivity contribution >= 4 is 12.3 Å². The molecule has 0 atom stereocenters. The molecule has 0 unspecified atom stereocenters. The number of carbonyl (C=O) groups is 2. The summed E-state index contributed by atoms with van der Waals surface area (Å²) in [5.41, 5.74) is 1.57. The monoisotopic (exact) mass is 270 g/mol. The van der Waals surface area contributed by atoms with Gasteiger partial charge in [-0.3, -0.25) is 4.79 Å². The van der Waals surface area contributed by atoms with E-state index in [0.29, 0.717) is 23.3 Å². The number of hydrogen-bond acceptors (Lipinski definition) is 4. The van der Waals surface area contributed by atoms with E-state index in [0.717, 1.165) is 5.56 Å². The fourth-order valence-electron chi connectivity index (χ4n) is 1.59. The highest BCUT2D eigenvalue weighted by Crippen LogP contribution is 2.14. The molecule has 0 saturated heterocycles. The molecule has 102 valence electrons. The van der Waals surface area contributed by atoms with Gasteiger partial charge in [0.15, 0.2) is 6.61 Å². The molecule has 0 amide bonds. The molecule has 4 nitrogen and oxygen atoms in total. The molecule has 2 aromatic carbocycles. The summed E-state index contributed by atoms with van der Waals surface area (Å²) in [6.07, 6.45) is 0.695. The number of hydrogen-bond donors (Lipinski definition) is 0. The second-order valence-electron chi connectivity index (χ2n) is 4.27. The summed E-state index contributed by atoms with van der Waals surface area (Å²) >= 11 is 0. The van der Waals surface area contributed by atoms with Crippen molar-refractivity contribution in [1.29, 1.82) is 0 Å². The van der Waals surface area contributed by atoms with Crippen LogP contribution in [0.25, 0.3) is 0 Å². The van der Waals surface area contributed by atoms with Crippen molar-refractivity contribution in [2.75, 3.05) is 6.61 Å². The summed E-state index contributed by atoms with van der Waals surface area (Å²) in [7, 11) is 0. The minimum absolute atomic E-state index is 0.186. The average Bonchev–Trinajstić information content (AvgIpc) is 2.47. The van der Waals surface area contributed by atoms with Crippen LogP contribution in [0.4, 0.5) is 0 Å². The number of benzene rings is 2. The van der Waals surface area contributed by atoms with Gasteiger partial charge in [-0.1, -0.05) is 29.8 Å². The van der Waals surface area contributed by atoms with E-state index < -0.39 is 5.97 Å². The van der Waals surface area contributed by atoms with E-state index in [2.05, 4.69) is 0 Å². The number of carbonyl (C=O) groups excluding carboxylic acids is 2. The Labute approximate surface area is 116 Å². The highest BCUT2D eigenvalue weighted by Gasteiger charge is 2.06. The highest BCUT2D eigenvalue weighted by atomic mass is 16.6. The molecular weight excluding hydrogens is 256 g/mol. The van der Waals surface area contributed by atoms with E-state index in [9.17, 15) is 9.59 Å². The largest absolute Gasteiger partial charge is 0.482 e. The molecule has 0 spiro atoms. The summed E-state index contributed by atoms with van der Waals surface area (Å²) in [5.74, 6) is 0.412. The fraction of sp³-hybridized carbons (Fsp3) is 0.125. The van der Waals surface area contributed by atoms with Crippen molar-refractivity contribution in [2.45, 2.75) is 6.92 Å². The van der Waals surface area contributed by atoms with Crippen molar-refractivity contribution in [3.05, 3.63) is 59.7 Å². The van der Waals surface area contributed by atoms with E-state index in [1.807, 2.05) is 19.1 Å². The molecule has 0 N–H and O–H groups in total. The molecule has 0 aliphatic rings. The molecule has 0 aromatic heterocycles. The Morgan fingerprint density at radius 1 is 1.10 bits per heavy atom. The van der Waals surface area contributed by atoms with Crippen LogP contribution in [0, 0.1) is 6.92 Å². The van der Waals surface area contributed by atoms with Crippen LogP contribution >= 0.6 is 0 Å². The van der Waals surface area contributed by atoms with E-state index in [1.165, 1.54) is 6.07 Å². The fourth-order valence-corrected chi connectivity index (χ4v) is 1.59. The van der Waals surface area contributed by atoms with Gasteiger partial charge in [0.2, 0.25) is 0 Å². The Morgan fingerprint density at radius 2 is 1.85 bits per heavy atom. The molecule has 0 aliphatic carbocycles. The lowest BCUT2D eigenvalue weighted by Crippen LogP contribution is -2.17. The lowest BCUT2D eigenvalue weighted by molar-refractivity contribution is -0.136. The molecule has 0 radical (unpaired) electrons. The number of aldehydes is 1. The Hall–Kier alpha value is -2.62. The molecule has 4 heteroatoms. The zero-order valence-corrected chi connectivity index (χ0v) is 11.0. The van der Waals surface area contributed by atoms with E-state index in [-0.39, 0.29) is 6.61 Å². The second-order valence-corrected chi connectivity index (χ2v) is 4.27. The van der Waals surface area contributed by atoms with Crippen LogP contribution in [0.2, 0.25) is 0 Å². The van der Waals surface area contributed by atoms with Gasteiger partial charge in [-0.05, 0) is 31.2 Å². The predicted octanol–water partition coefficient (Wildman–Crippen LogP) is 2.79. The molecule has 0 fully saturated rings. The van der Waals surface area contributed by atoms with Crippen molar-refractivity contribution in [2.24, 2.45) is 0 Å². The maximum absolute atomic E-state index is 11.6. The van der Waals surface area contributed by atoms with Crippen molar-refractivity contribution in [3.8, 4) is 11.5 Å². The first-order valence-corrected chi connectivity index (χ1v) is 6.13. The van der Waals surface area contributed by atoms with Crippen molar-refractivity contribution in [3.63, 3.8) is 0 Å². The molecule has 0 saturated carbocycles. The Balaban J connectivity index is 1.88. The summed E-state index contributed by atoms with van der Waals surface area (Å²) in [6, 6.07) is 13.8. The molecule has 0 bridgehead atoms. The predicted molar refractivity (Wildman–Crippen MR) is 74.1 cm³/mol. The number of rotatable bonds is 5. The summed E-state index contributed by atoms with van der Waals surface area (Å²) in [5, 5.41) is 0. The standard InChI is InChI=1S/C16H14O4/c1-12-5-7-14(8-6-12)19-11-16(18)20-15-4-2-3-13(9-15)10-17/h2-10H,11H2,1H3. The Kier molecular flexibility index (Phi) is 4.50. The zero-order valence-electron chi connectivity index (χ0n) is 11.0. The van der Waals surface area contributed by atoms with Gasteiger partial charge in [-0.25, -0.2) is 4.79 Å². The number of aryl methyl sites for hydroxylation is 1. The molecule has 2 rings (SSSR count). The molecule has 0 aliphatic heterocycles. The minimum atomic E-state index is -0.520. The lowest BCUT2D eigenvalue weighted by Gasteiger charge is -2.07. The van der Waals surface area contributed by atoms with Crippen molar-refractivity contribution < 1.29 is 19.1 Å².